The highest BCUT2D eigenvalue weighted by Crippen LogP contribution is 2.62. The standard InChI is InChI=1S/C26H18O2/c1-16-10-12-22-24(14-16)28-25-15-17(27)11-13-23(25)26(22)20-8-4-2-6-18(20)19-7-3-5-9-21(19)26/h2-15,27H,1H3. The maximum Gasteiger partial charge on any atom is 0.135 e. The van der Waals surface area contributed by atoms with E-state index in [1.807, 2.05) is 6.07 Å². The maximum absolute atomic E-state index is 10.1. The van der Waals surface area contributed by atoms with E-state index in [1.54, 1.807) is 12.1 Å². The predicted octanol–water partition coefficient (Wildman–Crippen LogP) is 6.17. The Hall–Kier alpha value is -3.52. The summed E-state index contributed by atoms with van der Waals surface area (Å²) in [4.78, 5) is 0. The normalized spacial score (nSPS) is 14.6. The minimum Gasteiger partial charge on any atom is -0.508 e. The Kier molecular flexibility index (Phi) is 2.92. The molecule has 0 atom stereocenters. The summed E-state index contributed by atoms with van der Waals surface area (Å²) in [6.45, 7) is 2.07. The summed E-state index contributed by atoms with van der Waals surface area (Å²) >= 11 is 0. The topological polar surface area (TPSA) is 29.5 Å². The molecule has 6 rings (SSSR count). The first-order valence-corrected chi connectivity index (χ1v) is 9.51. The Balaban J connectivity index is 1.84. The van der Waals surface area contributed by atoms with Crippen LogP contribution in [0.1, 0.15) is 27.8 Å². The molecular weight excluding hydrogens is 344 g/mol. The summed E-state index contributed by atoms with van der Waals surface area (Å²) in [6.07, 6.45) is 0. The molecule has 1 N–H and O–H groups in total. The molecule has 2 heteroatoms. The highest BCUT2D eigenvalue weighted by molar-refractivity contribution is 5.88. The van der Waals surface area contributed by atoms with E-state index in [9.17, 15) is 5.11 Å². The number of aryl methyl sites for hydroxylation is 1. The fourth-order valence-electron chi connectivity index (χ4n) is 5.01. The molecule has 0 unspecified atom stereocenters. The van der Waals surface area contributed by atoms with Gasteiger partial charge < -0.3 is 9.84 Å². The lowest BCUT2D eigenvalue weighted by molar-refractivity contribution is 0.424. The van der Waals surface area contributed by atoms with Gasteiger partial charge >= 0.3 is 0 Å². The quantitative estimate of drug-likeness (QED) is 0.350. The van der Waals surface area contributed by atoms with Gasteiger partial charge in [-0.3, -0.25) is 0 Å². The average molecular weight is 362 g/mol. The highest BCUT2D eigenvalue weighted by atomic mass is 16.5. The molecule has 2 nitrogen and oxygen atoms in total. The van der Waals surface area contributed by atoms with Crippen molar-refractivity contribution in [3.05, 3.63) is 113 Å². The Morgan fingerprint density at radius 2 is 1.21 bits per heavy atom. The minimum absolute atomic E-state index is 0.213. The van der Waals surface area contributed by atoms with Gasteiger partial charge in [0.05, 0.1) is 5.41 Å². The van der Waals surface area contributed by atoms with Crippen LogP contribution in [0, 0.1) is 6.92 Å². The number of hydrogen-bond donors (Lipinski definition) is 1. The van der Waals surface area contributed by atoms with E-state index in [1.165, 1.54) is 22.3 Å². The second kappa shape index (κ2) is 5.26. The van der Waals surface area contributed by atoms with Crippen molar-refractivity contribution in [2.75, 3.05) is 0 Å². The molecule has 0 saturated carbocycles. The third kappa shape index (κ3) is 1.77. The molecule has 4 aromatic carbocycles. The van der Waals surface area contributed by atoms with Crippen LogP contribution in [-0.4, -0.2) is 5.11 Å². The van der Waals surface area contributed by atoms with Gasteiger partial charge in [-0.15, -0.1) is 0 Å². The Morgan fingerprint density at radius 1 is 0.643 bits per heavy atom. The van der Waals surface area contributed by atoms with Crippen LogP contribution in [0.4, 0.5) is 0 Å². The first kappa shape index (κ1) is 15.5. The molecule has 1 aliphatic carbocycles. The smallest absolute Gasteiger partial charge is 0.135 e. The van der Waals surface area contributed by atoms with Gasteiger partial charge in [0.15, 0.2) is 0 Å². The number of hydrogen-bond acceptors (Lipinski definition) is 2. The third-order valence-corrected chi connectivity index (χ3v) is 6.08. The van der Waals surface area contributed by atoms with Crippen molar-refractivity contribution in [1.82, 2.24) is 0 Å². The van der Waals surface area contributed by atoms with Gasteiger partial charge in [-0.25, -0.2) is 0 Å². The van der Waals surface area contributed by atoms with Gasteiger partial charge in [-0.05, 0) is 46.9 Å². The van der Waals surface area contributed by atoms with Gasteiger partial charge in [0, 0.05) is 17.2 Å². The number of phenols is 1. The van der Waals surface area contributed by atoms with Crippen LogP contribution in [0.25, 0.3) is 11.1 Å². The van der Waals surface area contributed by atoms with Gasteiger partial charge in [0.25, 0.3) is 0 Å². The predicted molar refractivity (Wildman–Crippen MR) is 110 cm³/mol. The number of fused-ring (bicyclic) bond motifs is 9. The third-order valence-electron chi connectivity index (χ3n) is 6.08. The average Bonchev–Trinajstić information content (AvgIpc) is 2.99. The van der Waals surface area contributed by atoms with Crippen molar-refractivity contribution in [2.45, 2.75) is 12.3 Å². The van der Waals surface area contributed by atoms with E-state index in [4.69, 9.17) is 4.74 Å². The summed E-state index contributed by atoms with van der Waals surface area (Å²) in [5.41, 5.74) is 7.95. The summed E-state index contributed by atoms with van der Waals surface area (Å²) in [5.74, 6) is 1.78. The van der Waals surface area contributed by atoms with Crippen molar-refractivity contribution in [1.29, 1.82) is 0 Å². The zero-order valence-electron chi connectivity index (χ0n) is 15.4. The van der Waals surface area contributed by atoms with E-state index in [0.29, 0.717) is 5.75 Å². The molecule has 134 valence electrons. The SMILES string of the molecule is Cc1ccc2c(c1)Oc1cc(O)ccc1C21c2ccccc2-c2ccccc21. The van der Waals surface area contributed by atoms with E-state index in [0.717, 1.165) is 22.4 Å². The monoisotopic (exact) mass is 362 g/mol. The molecule has 28 heavy (non-hydrogen) atoms. The van der Waals surface area contributed by atoms with Crippen molar-refractivity contribution in [3.8, 4) is 28.4 Å². The first-order valence-electron chi connectivity index (χ1n) is 9.51. The largest absolute Gasteiger partial charge is 0.508 e. The van der Waals surface area contributed by atoms with Crippen LogP contribution in [0.15, 0.2) is 84.9 Å². The number of phenolic OH excluding ortho intramolecular Hbond substituents is 1. The zero-order chi connectivity index (χ0) is 18.9. The van der Waals surface area contributed by atoms with Crippen LogP contribution in [-0.2, 0) is 5.41 Å². The van der Waals surface area contributed by atoms with Gasteiger partial charge in [-0.2, -0.15) is 0 Å². The molecular formula is C26H18O2. The first-order chi connectivity index (χ1) is 13.7. The molecule has 1 heterocycles. The van der Waals surface area contributed by atoms with Crippen LogP contribution in [0.2, 0.25) is 0 Å². The van der Waals surface area contributed by atoms with Crippen LogP contribution in [0.5, 0.6) is 17.2 Å². The molecule has 1 spiro atoms. The van der Waals surface area contributed by atoms with Crippen molar-refractivity contribution >= 4 is 0 Å². The van der Waals surface area contributed by atoms with Gasteiger partial charge in [0.1, 0.15) is 17.2 Å². The minimum atomic E-state index is -0.447. The summed E-state index contributed by atoms with van der Waals surface area (Å²) in [7, 11) is 0. The number of benzene rings is 4. The number of ether oxygens (including phenoxy) is 1. The fourth-order valence-corrected chi connectivity index (χ4v) is 5.01. The second-order valence-corrected chi connectivity index (χ2v) is 7.62. The number of aromatic hydroxyl groups is 1. The van der Waals surface area contributed by atoms with Gasteiger partial charge in [-0.1, -0.05) is 66.7 Å². The Labute approximate surface area is 163 Å². The van der Waals surface area contributed by atoms with E-state index in [-0.39, 0.29) is 5.75 Å². The van der Waals surface area contributed by atoms with Gasteiger partial charge in [0.2, 0.25) is 0 Å². The molecule has 0 amide bonds. The highest BCUT2D eigenvalue weighted by Gasteiger charge is 2.50. The van der Waals surface area contributed by atoms with Crippen LogP contribution >= 0.6 is 0 Å². The molecule has 0 aromatic heterocycles. The second-order valence-electron chi connectivity index (χ2n) is 7.62. The molecule has 0 radical (unpaired) electrons. The summed E-state index contributed by atoms with van der Waals surface area (Å²) < 4.78 is 6.30. The van der Waals surface area contributed by atoms with Crippen molar-refractivity contribution in [2.24, 2.45) is 0 Å². The Morgan fingerprint density at radius 3 is 1.89 bits per heavy atom. The van der Waals surface area contributed by atoms with Crippen LogP contribution < -0.4 is 4.74 Å². The fraction of sp³-hybridized carbons (Fsp3) is 0.0769. The van der Waals surface area contributed by atoms with E-state index >= 15 is 0 Å². The summed E-state index contributed by atoms with van der Waals surface area (Å²) in [6, 6.07) is 29.2. The lowest BCUT2D eigenvalue weighted by Gasteiger charge is -2.39. The molecule has 0 saturated heterocycles. The lowest BCUT2D eigenvalue weighted by atomic mass is 9.66. The molecule has 4 aromatic rings. The summed E-state index contributed by atoms with van der Waals surface area (Å²) in [5, 5.41) is 10.1. The van der Waals surface area contributed by atoms with Crippen molar-refractivity contribution in [3.63, 3.8) is 0 Å². The van der Waals surface area contributed by atoms with Crippen molar-refractivity contribution < 1.29 is 9.84 Å². The van der Waals surface area contributed by atoms with Crippen LogP contribution in [0.3, 0.4) is 0 Å². The zero-order valence-corrected chi connectivity index (χ0v) is 15.4. The molecule has 0 fully saturated rings. The molecule has 0 bridgehead atoms. The molecule has 2 aliphatic rings. The maximum atomic E-state index is 10.1. The lowest BCUT2D eigenvalue weighted by Crippen LogP contribution is -2.32. The van der Waals surface area contributed by atoms with E-state index in [2.05, 4.69) is 73.7 Å². The van der Waals surface area contributed by atoms with E-state index < -0.39 is 5.41 Å². The Bertz CT molecular complexity index is 1170. The molecule has 1 aliphatic heterocycles. The number of rotatable bonds is 0.